The summed E-state index contributed by atoms with van der Waals surface area (Å²) < 4.78 is 11.3. The van der Waals surface area contributed by atoms with E-state index in [1.165, 1.54) is 0 Å². The summed E-state index contributed by atoms with van der Waals surface area (Å²) >= 11 is 0. The lowest BCUT2D eigenvalue weighted by Gasteiger charge is -2.42. The lowest BCUT2D eigenvalue weighted by Crippen LogP contribution is -2.50. The summed E-state index contributed by atoms with van der Waals surface area (Å²) in [4.78, 5) is 26.7. The minimum absolute atomic E-state index is 0.106. The molecular formula is C22H26N2O4. The van der Waals surface area contributed by atoms with Crippen LogP contribution in [-0.4, -0.2) is 43.5 Å². The Morgan fingerprint density at radius 1 is 1.11 bits per heavy atom. The van der Waals surface area contributed by atoms with E-state index in [-0.39, 0.29) is 18.2 Å². The Bertz CT molecular complexity index is 824. The van der Waals surface area contributed by atoms with Crippen molar-refractivity contribution < 1.29 is 19.1 Å². The van der Waals surface area contributed by atoms with Gasteiger partial charge in [0.1, 0.15) is 11.5 Å². The molecule has 2 aromatic carbocycles. The highest BCUT2D eigenvalue weighted by Gasteiger charge is 2.40. The van der Waals surface area contributed by atoms with E-state index < -0.39 is 5.41 Å². The fourth-order valence-electron chi connectivity index (χ4n) is 3.81. The molecule has 1 heterocycles. The van der Waals surface area contributed by atoms with E-state index in [9.17, 15) is 9.59 Å². The first-order valence-electron chi connectivity index (χ1n) is 9.41. The van der Waals surface area contributed by atoms with Gasteiger partial charge in [-0.1, -0.05) is 30.3 Å². The van der Waals surface area contributed by atoms with Crippen LogP contribution in [0.4, 0.5) is 0 Å². The van der Waals surface area contributed by atoms with Gasteiger partial charge in [0.25, 0.3) is 5.91 Å². The summed E-state index contributed by atoms with van der Waals surface area (Å²) in [5.41, 5.74) is 5.55. The first-order valence-corrected chi connectivity index (χ1v) is 9.41. The van der Waals surface area contributed by atoms with Crippen LogP contribution in [0.25, 0.3) is 0 Å². The third kappa shape index (κ3) is 4.63. The lowest BCUT2D eigenvalue weighted by atomic mass is 9.77. The summed E-state index contributed by atoms with van der Waals surface area (Å²) in [6.45, 7) is 1.37. The van der Waals surface area contributed by atoms with Crippen LogP contribution < -0.4 is 15.2 Å². The predicted molar refractivity (Wildman–Crippen MR) is 106 cm³/mol. The molecule has 0 spiro atoms. The summed E-state index contributed by atoms with van der Waals surface area (Å²) in [6.07, 6.45) is 1.74. The van der Waals surface area contributed by atoms with E-state index in [4.69, 9.17) is 15.2 Å². The first kappa shape index (κ1) is 19.7. The third-order valence-electron chi connectivity index (χ3n) is 5.12. The minimum atomic E-state index is -0.502. The molecule has 28 heavy (non-hydrogen) atoms. The number of carbonyl (C=O) groups excluding carboxylic acids is 2. The number of methoxy groups -OCH3 is 1. The molecule has 148 valence electrons. The normalized spacial score (nSPS) is 19.1. The van der Waals surface area contributed by atoms with Gasteiger partial charge in [-0.05, 0) is 37.1 Å². The summed E-state index contributed by atoms with van der Waals surface area (Å²) in [5.74, 6) is 0.785. The molecule has 2 aromatic rings. The maximum absolute atomic E-state index is 13.1. The number of nitrogens with zero attached hydrogens (tertiary/aromatic N) is 1. The lowest BCUT2D eigenvalue weighted by molar-refractivity contribution is -0.122. The van der Waals surface area contributed by atoms with E-state index in [0.717, 1.165) is 18.6 Å². The molecule has 0 bridgehead atoms. The summed E-state index contributed by atoms with van der Waals surface area (Å²) in [5, 5.41) is 0. The van der Waals surface area contributed by atoms with E-state index in [2.05, 4.69) is 0 Å². The standard InChI is InChI=1S/C22H26N2O4/c1-27-19-11-6-5-10-18(19)21(26)24-13-7-12-22(15-24,14-20(23)25)16-28-17-8-3-2-4-9-17/h2-6,8-11H,7,12-16H2,1H3,(H2,23,25)/t22-/m1/s1. The largest absolute Gasteiger partial charge is 0.496 e. The number of hydrogen-bond acceptors (Lipinski definition) is 4. The van der Waals surface area contributed by atoms with Crippen molar-refractivity contribution in [3.05, 3.63) is 60.2 Å². The van der Waals surface area contributed by atoms with Crippen molar-refractivity contribution >= 4 is 11.8 Å². The molecule has 2 N–H and O–H groups in total. The van der Waals surface area contributed by atoms with Gasteiger partial charge in [0.05, 0.1) is 19.3 Å². The number of piperidine rings is 1. The van der Waals surface area contributed by atoms with Crippen LogP contribution in [0.1, 0.15) is 29.6 Å². The van der Waals surface area contributed by atoms with Gasteiger partial charge in [0, 0.05) is 24.9 Å². The van der Waals surface area contributed by atoms with Crippen LogP contribution in [0, 0.1) is 5.41 Å². The molecule has 1 fully saturated rings. The number of rotatable bonds is 7. The van der Waals surface area contributed by atoms with Gasteiger partial charge < -0.3 is 20.1 Å². The molecule has 0 aliphatic carbocycles. The fourth-order valence-corrected chi connectivity index (χ4v) is 3.81. The number of amides is 2. The average molecular weight is 382 g/mol. The maximum Gasteiger partial charge on any atom is 0.257 e. The molecule has 1 aliphatic rings. The van der Waals surface area contributed by atoms with Gasteiger partial charge in [-0.2, -0.15) is 0 Å². The van der Waals surface area contributed by atoms with Gasteiger partial charge in [0.15, 0.2) is 0 Å². The second-order valence-electron chi connectivity index (χ2n) is 7.28. The second-order valence-corrected chi connectivity index (χ2v) is 7.28. The van der Waals surface area contributed by atoms with E-state index in [1.807, 2.05) is 42.5 Å². The molecular weight excluding hydrogens is 356 g/mol. The zero-order valence-corrected chi connectivity index (χ0v) is 16.1. The Morgan fingerprint density at radius 2 is 1.82 bits per heavy atom. The van der Waals surface area contributed by atoms with Crippen LogP contribution >= 0.6 is 0 Å². The Hall–Kier alpha value is -3.02. The first-order chi connectivity index (χ1) is 13.5. The summed E-state index contributed by atoms with van der Waals surface area (Å²) in [7, 11) is 1.55. The van der Waals surface area contributed by atoms with Crippen LogP contribution in [0.3, 0.4) is 0 Å². The monoisotopic (exact) mass is 382 g/mol. The number of carbonyl (C=O) groups is 2. The van der Waals surface area contributed by atoms with Crippen LogP contribution in [0.5, 0.6) is 11.5 Å². The quantitative estimate of drug-likeness (QED) is 0.798. The molecule has 2 amide bonds. The van der Waals surface area contributed by atoms with E-state index >= 15 is 0 Å². The number of primary amides is 1. The molecule has 0 unspecified atom stereocenters. The zero-order chi connectivity index (χ0) is 20.0. The van der Waals surface area contributed by atoms with Crippen molar-refractivity contribution in [3.63, 3.8) is 0 Å². The second kappa shape index (κ2) is 8.78. The Morgan fingerprint density at radius 3 is 2.54 bits per heavy atom. The molecule has 0 saturated carbocycles. The molecule has 1 atom stereocenters. The van der Waals surface area contributed by atoms with Crippen LogP contribution in [-0.2, 0) is 4.79 Å². The van der Waals surface area contributed by atoms with E-state index in [0.29, 0.717) is 31.0 Å². The average Bonchev–Trinajstić information content (AvgIpc) is 2.72. The Labute approximate surface area is 165 Å². The van der Waals surface area contributed by atoms with Crippen molar-refractivity contribution in [2.45, 2.75) is 19.3 Å². The molecule has 0 aromatic heterocycles. The van der Waals surface area contributed by atoms with Crippen molar-refractivity contribution in [3.8, 4) is 11.5 Å². The number of hydrogen-bond donors (Lipinski definition) is 1. The van der Waals surface area contributed by atoms with Crippen LogP contribution in [0.15, 0.2) is 54.6 Å². The number of likely N-dealkylation sites (tertiary alicyclic amines) is 1. The van der Waals surface area contributed by atoms with Crippen molar-refractivity contribution in [2.24, 2.45) is 11.1 Å². The third-order valence-corrected chi connectivity index (χ3v) is 5.12. The molecule has 1 aliphatic heterocycles. The highest BCUT2D eigenvalue weighted by atomic mass is 16.5. The number of benzene rings is 2. The topological polar surface area (TPSA) is 81.9 Å². The minimum Gasteiger partial charge on any atom is -0.496 e. The summed E-state index contributed by atoms with van der Waals surface area (Å²) in [6, 6.07) is 16.6. The zero-order valence-electron chi connectivity index (χ0n) is 16.1. The van der Waals surface area contributed by atoms with Crippen LogP contribution in [0.2, 0.25) is 0 Å². The smallest absolute Gasteiger partial charge is 0.257 e. The van der Waals surface area contributed by atoms with Gasteiger partial charge in [0.2, 0.25) is 5.91 Å². The Kier molecular flexibility index (Phi) is 6.19. The highest BCUT2D eigenvalue weighted by Crippen LogP contribution is 2.35. The van der Waals surface area contributed by atoms with Crippen molar-refractivity contribution in [2.75, 3.05) is 26.8 Å². The number of para-hydroxylation sites is 2. The molecule has 3 rings (SSSR count). The maximum atomic E-state index is 13.1. The fraction of sp³-hybridized carbons (Fsp3) is 0.364. The van der Waals surface area contributed by atoms with Gasteiger partial charge in [-0.3, -0.25) is 9.59 Å². The molecule has 6 nitrogen and oxygen atoms in total. The molecule has 0 radical (unpaired) electrons. The van der Waals surface area contributed by atoms with E-state index in [1.54, 1.807) is 24.1 Å². The predicted octanol–water partition coefficient (Wildman–Crippen LogP) is 2.87. The van der Waals surface area contributed by atoms with Gasteiger partial charge >= 0.3 is 0 Å². The van der Waals surface area contributed by atoms with Crippen molar-refractivity contribution in [1.82, 2.24) is 4.90 Å². The number of ether oxygens (including phenoxy) is 2. The van der Waals surface area contributed by atoms with Gasteiger partial charge in [-0.15, -0.1) is 0 Å². The van der Waals surface area contributed by atoms with Crippen molar-refractivity contribution in [1.29, 1.82) is 0 Å². The van der Waals surface area contributed by atoms with Gasteiger partial charge in [-0.25, -0.2) is 0 Å². The highest BCUT2D eigenvalue weighted by molar-refractivity contribution is 5.97. The molecule has 6 heteroatoms. The SMILES string of the molecule is COc1ccccc1C(=O)N1CCC[C@@](COc2ccccc2)(CC(N)=O)C1. The number of nitrogens with two attached hydrogens (primary N) is 1. The Balaban J connectivity index is 1.79. The molecule has 1 saturated heterocycles.